The summed E-state index contributed by atoms with van der Waals surface area (Å²) in [6.07, 6.45) is 2.25. The van der Waals surface area contributed by atoms with Crippen LogP contribution in [0, 0.1) is 5.82 Å². The van der Waals surface area contributed by atoms with Crippen molar-refractivity contribution in [1.82, 2.24) is 14.9 Å². The normalized spacial score (nSPS) is 10.7. The minimum Gasteiger partial charge on any atom is -0.479 e. The monoisotopic (exact) mass is 184 g/mol. The fourth-order valence-corrected chi connectivity index (χ4v) is 0.610. The minimum absolute atomic E-state index is 0.179. The van der Waals surface area contributed by atoms with Crippen LogP contribution in [0.15, 0.2) is 11.2 Å². The summed E-state index contributed by atoms with van der Waals surface area (Å²) in [6.45, 7) is 0. The van der Waals surface area contributed by atoms with E-state index < -0.39 is 11.8 Å². The highest BCUT2D eigenvalue weighted by atomic mass is 19.1. The van der Waals surface area contributed by atoms with Gasteiger partial charge in [0.1, 0.15) is 0 Å². The number of nitrogens with zero attached hydrogens (tertiary/aromatic N) is 4. The van der Waals surface area contributed by atoms with Crippen LogP contribution in [0.2, 0.25) is 0 Å². The SMILES string of the molecule is CN(C)/C=N\c1nc(O)ncc1F. The molecule has 0 aliphatic heterocycles. The van der Waals surface area contributed by atoms with Gasteiger partial charge in [-0.1, -0.05) is 0 Å². The standard InChI is InChI=1S/C7H9FN4O/c1-12(2)4-10-6-5(8)3-9-7(13)11-6/h3-4H,1-2H3,(H,9,11,13)/b10-4-. The molecule has 0 aliphatic rings. The van der Waals surface area contributed by atoms with E-state index >= 15 is 0 Å². The highest BCUT2D eigenvalue weighted by Crippen LogP contribution is 2.14. The third-order valence-electron chi connectivity index (χ3n) is 1.12. The second-order valence-electron chi connectivity index (χ2n) is 2.55. The molecule has 1 N–H and O–H groups in total. The summed E-state index contributed by atoms with van der Waals surface area (Å²) < 4.78 is 12.9. The smallest absolute Gasteiger partial charge is 0.316 e. The van der Waals surface area contributed by atoms with Gasteiger partial charge >= 0.3 is 6.01 Å². The predicted octanol–water partition coefficient (Wildman–Crippen LogP) is 0.543. The molecule has 0 unspecified atom stereocenters. The molecule has 13 heavy (non-hydrogen) atoms. The Labute approximate surface area is 74.6 Å². The first kappa shape index (κ1) is 9.37. The number of aromatic nitrogens is 2. The van der Waals surface area contributed by atoms with Crippen molar-refractivity contribution in [3.8, 4) is 6.01 Å². The topological polar surface area (TPSA) is 61.6 Å². The van der Waals surface area contributed by atoms with Gasteiger partial charge < -0.3 is 10.0 Å². The molecular formula is C7H9FN4O. The number of hydrogen-bond donors (Lipinski definition) is 1. The zero-order valence-corrected chi connectivity index (χ0v) is 7.27. The van der Waals surface area contributed by atoms with Crippen molar-refractivity contribution in [3.05, 3.63) is 12.0 Å². The summed E-state index contributed by atoms with van der Waals surface area (Å²) in [4.78, 5) is 11.9. The van der Waals surface area contributed by atoms with E-state index in [1.54, 1.807) is 19.0 Å². The van der Waals surface area contributed by atoms with Crippen LogP contribution in [0.25, 0.3) is 0 Å². The lowest BCUT2D eigenvalue weighted by Gasteiger charge is -2.01. The second kappa shape index (κ2) is 3.79. The van der Waals surface area contributed by atoms with Crippen LogP contribution in [0.4, 0.5) is 10.2 Å². The summed E-state index contributed by atoms with van der Waals surface area (Å²) in [5.41, 5.74) is 0. The molecule has 0 amide bonds. The van der Waals surface area contributed by atoms with Gasteiger partial charge in [0.25, 0.3) is 0 Å². The Bertz CT molecular complexity index is 326. The highest BCUT2D eigenvalue weighted by Gasteiger charge is 2.03. The van der Waals surface area contributed by atoms with Crippen LogP contribution in [0.3, 0.4) is 0 Å². The Morgan fingerprint density at radius 3 is 2.92 bits per heavy atom. The van der Waals surface area contributed by atoms with E-state index in [1.807, 2.05) is 0 Å². The third kappa shape index (κ3) is 2.66. The molecule has 0 radical (unpaired) electrons. The first-order valence-electron chi connectivity index (χ1n) is 3.51. The Kier molecular flexibility index (Phi) is 2.73. The molecule has 0 saturated heterocycles. The van der Waals surface area contributed by atoms with Gasteiger partial charge in [0, 0.05) is 14.1 Å². The zero-order chi connectivity index (χ0) is 9.84. The van der Waals surface area contributed by atoms with Crippen LogP contribution in [-0.2, 0) is 0 Å². The fraction of sp³-hybridized carbons (Fsp3) is 0.286. The van der Waals surface area contributed by atoms with Gasteiger partial charge in [-0.25, -0.2) is 14.4 Å². The molecule has 0 fully saturated rings. The Hall–Kier alpha value is -1.72. The molecule has 0 bridgehead atoms. The summed E-state index contributed by atoms with van der Waals surface area (Å²) >= 11 is 0. The van der Waals surface area contributed by atoms with Gasteiger partial charge in [-0.3, -0.25) is 0 Å². The van der Waals surface area contributed by atoms with Crippen molar-refractivity contribution in [3.63, 3.8) is 0 Å². The highest BCUT2D eigenvalue weighted by molar-refractivity contribution is 5.59. The number of hydrogen-bond acceptors (Lipinski definition) is 4. The Morgan fingerprint density at radius 1 is 1.62 bits per heavy atom. The molecule has 0 atom stereocenters. The number of aromatic hydroxyl groups is 1. The van der Waals surface area contributed by atoms with Crippen LogP contribution >= 0.6 is 0 Å². The Morgan fingerprint density at radius 2 is 2.31 bits per heavy atom. The number of halogens is 1. The van der Waals surface area contributed by atoms with Gasteiger partial charge in [0.05, 0.1) is 12.5 Å². The molecule has 0 spiro atoms. The lowest BCUT2D eigenvalue weighted by Crippen LogP contribution is -2.07. The molecule has 1 aromatic rings. The maximum atomic E-state index is 12.9. The van der Waals surface area contributed by atoms with E-state index in [1.165, 1.54) is 6.34 Å². The lowest BCUT2D eigenvalue weighted by atomic mass is 10.5. The van der Waals surface area contributed by atoms with Crippen LogP contribution in [0.5, 0.6) is 6.01 Å². The summed E-state index contributed by atoms with van der Waals surface area (Å²) in [7, 11) is 3.48. The van der Waals surface area contributed by atoms with Crippen molar-refractivity contribution < 1.29 is 9.50 Å². The van der Waals surface area contributed by atoms with Crippen LogP contribution in [0.1, 0.15) is 0 Å². The average molecular weight is 184 g/mol. The Balaban J connectivity index is 2.93. The number of rotatable bonds is 2. The first-order valence-corrected chi connectivity index (χ1v) is 3.51. The van der Waals surface area contributed by atoms with Crippen molar-refractivity contribution in [2.24, 2.45) is 4.99 Å². The van der Waals surface area contributed by atoms with Gasteiger partial charge in [-0.05, 0) is 0 Å². The maximum absolute atomic E-state index is 12.9. The maximum Gasteiger partial charge on any atom is 0.316 e. The van der Waals surface area contributed by atoms with E-state index in [9.17, 15) is 4.39 Å². The third-order valence-corrected chi connectivity index (χ3v) is 1.12. The molecular weight excluding hydrogens is 175 g/mol. The molecule has 6 heteroatoms. The van der Waals surface area contributed by atoms with E-state index in [4.69, 9.17) is 5.11 Å². The molecule has 70 valence electrons. The fourth-order valence-electron chi connectivity index (χ4n) is 0.610. The first-order chi connectivity index (χ1) is 6.09. The second-order valence-corrected chi connectivity index (χ2v) is 2.55. The van der Waals surface area contributed by atoms with Crippen LogP contribution < -0.4 is 0 Å². The molecule has 0 aromatic carbocycles. The molecule has 1 aromatic heterocycles. The molecule has 0 aliphatic carbocycles. The van der Waals surface area contributed by atoms with Gasteiger partial charge in [-0.2, -0.15) is 4.98 Å². The quantitative estimate of drug-likeness (QED) is 0.538. The molecule has 1 heterocycles. The largest absolute Gasteiger partial charge is 0.479 e. The molecule has 5 nitrogen and oxygen atoms in total. The van der Waals surface area contributed by atoms with Gasteiger partial charge in [0.15, 0.2) is 11.6 Å². The number of aliphatic imine (C=N–C) groups is 1. The summed E-state index contributed by atoms with van der Waals surface area (Å²) in [6, 6.07) is -0.493. The average Bonchev–Trinajstić information content (AvgIpc) is 2.06. The molecule has 1 rings (SSSR count). The van der Waals surface area contributed by atoms with Gasteiger partial charge in [0.2, 0.25) is 0 Å². The van der Waals surface area contributed by atoms with E-state index in [2.05, 4.69) is 15.0 Å². The van der Waals surface area contributed by atoms with Crippen LogP contribution in [-0.4, -0.2) is 40.4 Å². The van der Waals surface area contributed by atoms with Crippen molar-refractivity contribution in [2.45, 2.75) is 0 Å². The van der Waals surface area contributed by atoms with Crippen molar-refractivity contribution >= 4 is 12.2 Å². The lowest BCUT2D eigenvalue weighted by molar-refractivity contribution is 0.426. The van der Waals surface area contributed by atoms with Crippen molar-refractivity contribution in [1.29, 1.82) is 0 Å². The van der Waals surface area contributed by atoms with E-state index in [0.717, 1.165) is 6.20 Å². The minimum atomic E-state index is -0.670. The zero-order valence-electron chi connectivity index (χ0n) is 7.27. The van der Waals surface area contributed by atoms with E-state index in [0.29, 0.717) is 0 Å². The summed E-state index contributed by atoms with van der Waals surface area (Å²) in [5.74, 6) is -0.850. The van der Waals surface area contributed by atoms with Crippen molar-refractivity contribution in [2.75, 3.05) is 14.1 Å². The summed E-state index contributed by atoms with van der Waals surface area (Å²) in [5, 5.41) is 8.83. The molecule has 0 saturated carbocycles. The predicted molar refractivity (Wildman–Crippen MR) is 45.5 cm³/mol. The van der Waals surface area contributed by atoms with E-state index in [-0.39, 0.29) is 5.82 Å². The van der Waals surface area contributed by atoms with Gasteiger partial charge in [-0.15, -0.1) is 0 Å².